The van der Waals surface area contributed by atoms with Gasteiger partial charge in [-0.25, -0.2) is 10.5 Å². The Balaban J connectivity index is 2.49. The summed E-state index contributed by atoms with van der Waals surface area (Å²) in [6.07, 6.45) is 1.32. The highest BCUT2D eigenvalue weighted by Gasteiger charge is 2.06. The van der Waals surface area contributed by atoms with E-state index in [9.17, 15) is 9.59 Å². The monoisotopic (exact) mass is 225 g/mol. The third-order valence-electron chi connectivity index (χ3n) is 1.59. The molecule has 0 radical (unpaired) electrons. The quantitative estimate of drug-likeness (QED) is 0.641. The second-order valence-electron chi connectivity index (χ2n) is 2.78. The molecular formula is C9H11N3O4. The number of hydrogen-bond acceptors (Lipinski definition) is 5. The Morgan fingerprint density at radius 2 is 2.25 bits per heavy atom. The van der Waals surface area contributed by atoms with Gasteiger partial charge in [0.25, 0.3) is 5.91 Å². The van der Waals surface area contributed by atoms with E-state index in [1.54, 1.807) is 0 Å². The topological polar surface area (TPSA) is 104 Å². The normalized spacial score (nSPS) is 9.56. The van der Waals surface area contributed by atoms with Gasteiger partial charge in [-0.3, -0.25) is 14.4 Å². The van der Waals surface area contributed by atoms with Crippen molar-refractivity contribution in [3.63, 3.8) is 0 Å². The predicted molar refractivity (Wildman–Crippen MR) is 53.4 cm³/mol. The van der Waals surface area contributed by atoms with E-state index in [1.165, 1.54) is 25.4 Å². The summed E-state index contributed by atoms with van der Waals surface area (Å²) < 4.78 is 4.83. The summed E-state index contributed by atoms with van der Waals surface area (Å²) in [5.74, 6) is -0.792. The molecule has 0 aromatic carbocycles. The standard InChI is InChI=1S/C9H11N3O4/c1-15-8-3-2-6(4-11-8)9(14)12-16-5-7(10)13/h2-4H,5H2,1H3,(H2,10,13)(H,12,14). The van der Waals surface area contributed by atoms with Crippen LogP contribution in [0.1, 0.15) is 10.4 Å². The Morgan fingerprint density at radius 1 is 1.50 bits per heavy atom. The molecule has 86 valence electrons. The number of hydroxylamine groups is 1. The molecule has 7 heteroatoms. The van der Waals surface area contributed by atoms with E-state index >= 15 is 0 Å². The van der Waals surface area contributed by atoms with Gasteiger partial charge in [-0.2, -0.15) is 0 Å². The number of amides is 2. The molecule has 16 heavy (non-hydrogen) atoms. The zero-order valence-electron chi connectivity index (χ0n) is 8.60. The lowest BCUT2D eigenvalue weighted by atomic mass is 10.3. The number of carbonyl (C=O) groups excluding carboxylic acids is 2. The van der Waals surface area contributed by atoms with Gasteiger partial charge in [0.05, 0.1) is 12.7 Å². The fourth-order valence-corrected chi connectivity index (χ4v) is 0.867. The largest absolute Gasteiger partial charge is 0.481 e. The minimum Gasteiger partial charge on any atom is -0.481 e. The molecule has 0 unspecified atom stereocenters. The Hall–Kier alpha value is -2.15. The number of rotatable bonds is 5. The molecule has 0 aliphatic carbocycles. The lowest BCUT2D eigenvalue weighted by Crippen LogP contribution is -2.29. The molecule has 0 saturated heterocycles. The smallest absolute Gasteiger partial charge is 0.276 e. The predicted octanol–water partition coefficient (Wildman–Crippen LogP) is -0.763. The van der Waals surface area contributed by atoms with Crippen molar-refractivity contribution in [3.05, 3.63) is 23.9 Å². The zero-order valence-corrected chi connectivity index (χ0v) is 8.60. The van der Waals surface area contributed by atoms with E-state index in [4.69, 9.17) is 10.5 Å². The molecule has 1 rings (SSSR count). The molecular weight excluding hydrogens is 214 g/mol. The Bertz CT molecular complexity index is 377. The number of hydrogen-bond donors (Lipinski definition) is 2. The van der Waals surface area contributed by atoms with Crippen molar-refractivity contribution in [2.45, 2.75) is 0 Å². The van der Waals surface area contributed by atoms with E-state index in [1.807, 2.05) is 5.48 Å². The van der Waals surface area contributed by atoms with E-state index < -0.39 is 11.8 Å². The average molecular weight is 225 g/mol. The number of aromatic nitrogens is 1. The summed E-state index contributed by atoms with van der Waals surface area (Å²) in [4.78, 5) is 30.0. The van der Waals surface area contributed by atoms with Crippen LogP contribution in [0.3, 0.4) is 0 Å². The number of methoxy groups -OCH3 is 1. The molecule has 0 aliphatic rings. The average Bonchev–Trinajstić information content (AvgIpc) is 2.28. The SMILES string of the molecule is COc1ccc(C(=O)NOCC(N)=O)cn1. The van der Waals surface area contributed by atoms with E-state index in [0.717, 1.165) is 0 Å². The van der Waals surface area contributed by atoms with E-state index in [0.29, 0.717) is 5.88 Å². The van der Waals surface area contributed by atoms with Crippen LogP contribution in [0.4, 0.5) is 0 Å². The van der Waals surface area contributed by atoms with Gasteiger partial charge >= 0.3 is 0 Å². The third kappa shape index (κ3) is 3.54. The number of carbonyl (C=O) groups is 2. The first kappa shape index (κ1) is 11.9. The van der Waals surface area contributed by atoms with E-state index in [2.05, 4.69) is 9.82 Å². The van der Waals surface area contributed by atoms with Crippen LogP contribution in [0.2, 0.25) is 0 Å². The van der Waals surface area contributed by atoms with Crippen LogP contribution in [0.25, 0.3) is 0 Å². The van der Waals surface area contributed by atoms with Crippen LogP contribution in [0.5, 0.6) is 5.88 Å². The number of nitrogens with zero attached hydrogens (tertiary/aromatic N) is 1. The van der Waals surface area contributed by atoms with Gasteiger partial charge in [-0.05, 0) is 6.07 Å². The maximum atomic E-state index is 11.4. The fourth-order valence-electron chi connectivity index (χ4n) is 0.867. The first-order valence-corrected chi connectivity index (χ1v) is 4.34. The molecule has 2 amide bonds. The Kier molecular flexibility index (Phi) is 4.22. The molecule has 0 aliphatic heterocycles. The molecule has 1 aromatic heterocycles. The van der Waals surface area contributed by atoms with Crippen molar-refractivity contribution in [1.29, 1.82) is 0 Å². The third-order valence-corrected chi connectivity index (χ3v) is 1.59. The first-order chi connectivity index (χ1) is 7.63. The van der Waals surface area contributed by atoms with Gasteiger partial charge in [0.15, 0.2) is 6.61 Å². The van der Waals surface area contributed by atoms with Crippen LogP contribution < -0.4 is 16.0 Å². The maximum absolute atomic E-state index is 11.4. The molecule has 0 saturated carbocycles. The Labute approximate surface area is 91.5 Å². The summed E-state index contributed by atoms with van der Waals surface area (Å²) in [6, 6.07) is 3.04. The van der Waals surface area contributed by atoms with Gasteiger partial charge in [-0.15, -0.1) is 0 Å². The lowest BCUT2D eigenvalue weighted by molar-refractivity contribution is -0.124. The minimum absolute atomic E-state index is 0.283. The van der Waals surface area contributed by atoms with Crippen LogP contribution in [0.15, 0.2) is 18.3 Å². The highest BCUT2D eigenvalue weighted by molar-refractivity contribution is 5.93. The van der Waals surface area contributed by atoms with Crippen LogP contribution in [-0.4, -0.2) is 30.5 Å². The van der Waals surface area contributed by atoms with Crippen molar-refractivity contribution in [3.8, 4) is 5.88 Å². The van der Waals surface area contributed by atoms with Gasteiger partial charge < -0.3 is 10.5 Å². The Morgan fingerprint density at radius 3 is 2.75 bits per heavy atom. The summed E-state index contributed by atoms with van der Waals surface area (Å²) in [5, 5.41) is 0. The molecule has 0 atom stereocenters. The summed E-state index contributed by atoms with van der Waals surface area (Å²) in [6.45, 7) is -0.380. The second kappa shape index (κ2) is 5.66. The molecule has 7 nitrogen and oxygen atoms in total. The van der Waals surface area contributed by atoms with Crippen molar-refractivity contribution < 1.29 is 19.2 Å². The summed E-state index contributed by atoms with van der Waals surface area (Å²) in [5.41, 5.74) is 7.14. The number of primary amides is 1. The lowest BCUT2D eigenvalue weighted by Gasteiger charge is -2.04. The molecule has 0 bridgehead atoms. The van der Waals surface area contributed by atoms with Gasteiger partial charge in [0, 0.05) is 12.3 Å². The number of nitrogens with two attached hydrogens (primary N) is 1. The number of ether oxygens (including phenoxy) is 1. The van der Waals surface area contributed by atoms with E-state index in [-0.39, 0.29) is 12.2 Å². The molecule has 0 spiro atoms. The summed E-state index contributed by atoms with van der Waals surface area (Å²) >= 11 is 0. The number of pyridine rings is 1. The van der Waals surface area contributed by atoms with Crippen molar-refractivity contribution in [2.75, 3.05) is 13.7 Å². The van der Waals surface area contributed by atoms with Crippen molar-refractivity contribution >= 4 is 11.8 Å². The maximum Gasteiger partial charge on any atom is 0.276 e. The van der Waals surface area contributed by atoms with Gasteiger partial charge in [0.1, 0.15) is 0 Å². The highest BCUT2D eigenvalue weighted by Crippen LogP contribution is 2.06. The van der Waals surface area contributed by atoms with Crippen LogP contribution in [-0.2, 0) is 9.63 Å². The summed E-state index contributed by atoms with van der Waals surface area (Å²) in [7, 11) is 1.47. The molecule has 1 heterocycles. The highest BCUT2D eigenvalue weighted by atomic mass is 16.7. The first-order valence-electron chi connectivity index (χ1n) is 4.34. The van der Waals surface area contributed by atoms with Crippen LogP contribution in [0, 0.1) is 0 Å². The van der Waals surface area contributed by atoms with Gasteiger partial charge in [0.2, 0.25) is 11.8 Å². The minimum atomic E-state index is -0.673. The second-order valence-corrected chi connectivity index (χ2v) is 2.78. The van der Waals surface area contributed by atoms with Gasteiger partial charge in [-0.1, -0.05) is 0 Å². The molecule has 0 fully saturated rings. The zero-order chi connectivity index (χ0) is 12.0. The molecule has 1 aromatic rings. The van der Waals surface area contributed by atoms with Crippen LogP contribution >= 0.6 is 0 Å². The number of nitrogens with one attached hydrogen (secondary N) is 1. The fraction of sp³-hybridized carbons (Fsp3) is 0.222. The molecule has 3 N–H and O–H groups in total. The van der Waals surface area contributed by atoms with Crippen molar-refractivity contribution in [1.82, 2.24) is 10.5 Å². The van der Waals surface area contributed by atoms with Crippen molar-refractivity contribution in [2.24, 2.45) is 5.73 Å².